The largest absolute Gasteiger partial charge is 0.387 e. The molecular weight excluding hydrogens is 811 g/mol. The van der Waals surface area contributed by atoms with Crippen molar-refractivity contribution >= 4 is 55.4 Å². The minimum absolute atomic E-state index is 0.0170. The molecule has 4 aromatic rings. The van der Waals surface area contributed by atoms with Crippen molar-refractivity contribution in [1.82, 2.24) is 18.6 Å². The molecule has 0 aliphatic carbocycles. The van der Waals surface area contributed by atoms with Crippen LogP contribution in [0.3, 0.4) is 0 Å². The van der Waals surface area contributed by atoms with E-state index < -0.39 is 67.8 Å². The summed E-state index contributed by atoms with van der Waals surface area (Å²) in [5.41, 5.74) is -1.01. The van der Waals surface area contributed by atoms with E-state index in [0.717, 1.165) is 30.5 Å². The highest BCUT2D eigenvalue weighted by atomic mass is 32.2. The van der Waals surface area contributed by atoms with Crippen LogP contribution in [0.4, 0.5) is 20.2 Å². The van der Waals surface area contributed by atoms with Gasteiger partial charge >= 0.3 is 0 Å². The van der Waals surface area contributed by atoms with Crippen molar-refractivity contribution in [2.24, 2.45) is 7.05 Å². The molecule has 2 unspecified atom stereocenters. The van der Waals surface area contributed by atoms with Crippen LogP contribution in [0.2, 0.25) is 0 Å². The van der Waals surface area contributed by atoms with Crippen LogP contribution in [0.25, 0.3) is 12.2 Å². The zero-order chi connectivity index (χ0) is 42.8. The summed E-state index contributed by atoms with van der Waals surface area (Å²) < 4.78 is 89.2. The predicted octanol–water partition coefficient (Wildman–Crippen LogP) is 2.70. The summed E-state index contributed by atoms with van der Waals surface area (Å²) in [5, 5.41) is 45.1. The van der Waals surface area contributed by atoms with Gasteiger partial charge in [-0.2, -0.15) is 10.5 Å². The van der Waals surface area contributed by atoms with E-state index >= 15 is 0 Å². The monoisotopic (exact) mass is 842 g/mol. The standard InChI is InChI=1S/C39H32F2N8O8S2/c1-3-5-32(50)30-14-10-27-35(59(56,57)46-30)21-49(37(27)39(53)45-25-8-12-29(41)23(17-25)19-43)15-4-6-33(51)31-13-9-26-34(58(54,55)47-31)20-48(2)36(26)38(52)44-24-7-11-28(40)22(16-24)18-42/h4,6-14,16-17,20-21,30-33,46-47,50-51H,15H2,1-2H3,(H,44,52)(H,45,53)/b6-4+/t30-,31+,32?,33?/m0/s1. The van der Waals surface area contributed by atoms with E-state index in [9.17, 15) is 50.7 Å². The van der Waals surface area contributed by atoms with Gasteiger partial charge in [-0.05, 0) is 43.3 Å². The third kappa shape index (κ3) is 8.62. The van der Waals surface area contributed by atoms with E-state index in [-0.39, 0.29) is 61.4 Å². The first kappa shape index (κ1) is 41.9. The molecule has 4 heterocycles. The molecule has 0 bridgehead atoms. The van der Waals surface area contributed by atoms with E-state index in [4.69, 9.17) is 5.26 Å². The molecule has 2 aliphatic rings. The molecule has 16 nitrogen and oxygen atoms in total. The number of aliphatic hydroxyl groups excluding tert-OH is 2. The number of carbonyl (C=O) groups is 2. The number of nitrogens with one attached hydrogen (secondary N) is 4. The Morgan fingerprint density at radius 3 is 1.92 bits per heavy atom. The van der Waals surface area contributed by atoms with Gasteiger partial charge < -0.3 is 30.0 Å². The molecule has 0 spiro atoms. The summed E-state index contributed by atoms with van der Waals surface area (Å²) in [4.78, 5) is 26.5. The SMILES string of the molecule is CC#CC(O)[C@@H]1C=Cc2c(cn(C/C=C/C(O)[C@H]3C=Cc4c(cn(C)c4C(=O)Nc4ccc(F)c(C#N)c4)S(=O)(=O)N3)c2C(=O)Nc2ccc(F)c(C#N)c2)S(=O)(=O)N1. The lowest BCUT2D eigenvalue weighted by Crippen LogP contribution is -2.40. The number of rotatable bonds is 9. The highest BCUT2D eigenvalue weighted by Gasteiger charge is 2.34. The number of allylic oxidation sites excluding steroid dienone is 1. The first-order valence-corrected chi connectivity index (χ1v) is 20.2. The molecule has 0 saturated heterocycles. The summed E-state index contributed by atoms with van der Waals surface area (Å²) in [6.45, 7) is 1.20. The lowest BCUT2D eigenvalue weighted by atomic mass is 10.1. The summed E-state index contributed by atoms with van der Waals surface area (Å²) in [5.74, 6) is 1.71. The molecule has 0 saturated carbocycles. The second-order valence-corrected chi connectivity index (χ2v) is 16.4. The molecule has 2 amide bonds. The molecule has 6 N–H and O–H groups in total. The Morgan fingerprint density at radius 2 is 1.36 bits per heavy atom. The number of hydrogen-bond acceptors (Lipinski definition) is 10. The molecule has 4 atom stereocenters. The van der Waals surface area contributed by atoms with Gasteiger partial charge in [0.15, 0.2) is 0 Å². The zero-order valence-electron chi connectivity index (χ0n) is 30.8. The van der Waals surface area contributed by atoms with Crippen LogP contribution in [0.5, 0.6) is 0 Å². The number of anilines is 2. The Kier molecular flexibility index (Phi) is 11.8. The fourth-order valence-corrected chi connectivity index (χ4v) is 9.21. The van der Waals surface area contributed by atoms with Gasteiger partial charge in [-0.25, -0.2) is 35.1 Å². The topological polar surface area (TPSA) is 248 Å². The maximum Gasteiger partial charge on any atom is 0.272 e. The number of aryl methyl sites for hydroxylation is 1. The number of nitrogens with zero attached hydrogens (tertiary/aromatic N) is 4. The summed E-state index contributed by atoms with van der Waals surface area (Å²) in [6.07, 6.45) is 7.17. The summed E-state index contributed by atoms with van der Waals surface area (Å²) in [7, 11) is -7.33. The van der Waals surface area contributed by atoms with Gasteiger partial charge in [-0.15, -0.1) is 5.92 Å². The molecule has 2 aliphatic heterocycles. The van der Waals surface area contributed by atoms with Crippen molar-refractivity contribution in [2.75, 3.05) is 10.6 Å². The van der Waals surface area contributed by atoms with Crippen LogP contribution < -0.4 is 20.1 Å². The third-order valence-electron chi connectivity index (χ3n) is 9.12. The smallest absolute Gasteiger partial charge is 0.272 e. The van der Waals surface area contributed by atoms with Crippen molar-refractivity contribution in [2.45, 2.75) is 47.6 Å². The Balaban J connectivity index is 1.29. The van der Waals surface area contributed by atoms with Crippen molar-refractivity contribution in [3.05, 3.63) is 118 Å². The maximum atomic E-state index is 14.0. The summed E-state index contributed by atoms with van der Waals surface area (Å²) >= 11 is 0. The molecule has 59 heavy (non-hydrogen) atoms. The fourth-order valence-electron chi connectivity index (χ4n) is 6.34. The van der Waals surface area contributed by atoms with Gasteiger partial charge in [-0.1, -0.05) is 42.4 Å². The van der Waals surface area contributed by atoms with Gasteiger partial charge in [-0.3, -0.25) is 9.59 Å². The Bertz CT molecular complexity index is 2880. The van der Waals surface area contributed by atoms with Gasteiger partial charge in [0.1, 0.15) is 51.1 Å². The predicted molar refractivity (Wildman–Crippen MR) is 209 cm³/mol. The van der Waals surface area contributed by atoms with E-state index in [1.54, 1.807) is 12.1 Å². The van der Waals surface area contributed by atoms with Crippen LogP contribution in [0, 0.1) is 46.1 Å². The van der Waals surface area contributed by atoms with Gasteiger partial charge in [0.2, 0.25) is 20.0 Å². The first-order valence-electron chi connectivity index (χ1n) is 17.3. The summed E-state index contributed by atoms with van der Waals surface area (Å²) in [6, 6.07) is 7.47. The van der Waals surface area contributed by atoms with E-state index in [2.05, 4.69) is 31.9 Å². The van der Waals surface area contributed by atoms with Crippen molar-refractivity contribution in [3.63, 3.8) is 0 Å². The third-order valence-corrected chi connectivity index (χ3v) is 12.1. The molecule has 0 radical (unpaired) electrons. The van der Waals surface area contributed by atoms with Crippen LogP contribution in [0.1, 0.15) is 50.2 Å². The number of carbonyl (C=O) groups excluding carboxylic acids is 2. The molecule has 302 valence electrons. The van der Waals surface area contributed by atoms with E-state index in [0.29, 0.717) is 0 Å². The second-order valence-electron chi connectivity index (χ2n) is 13.1. The Morgan fingerprint density at radius 1 is 0.847 bits per heavy atom. The number of fused-ring (bicyclic) bond motifs is 2. The average Bonchev–Trinajstić information content (AvgIpc) is 3.66. The number of aromatic nitrogens is 2. The number of benzene rings is 2. The van der Waals surface area contributed by atoms with Gasteiger partial charge in [0, 0.05) is 48.5 Å². The Labute approximate surface area is 336 Å². The number of hydrogen-bond donors (Lipinski definition) is 6. The Hall–Kier alpha value is -6.70. The van der Waals surface area contributed by atoms with Gasteiger partial charge in [0.05, 0.1) is 29.3 Å². The van der Waals surface area contributed by atoms with Gasteiger partial charge in [0.25, 0.3) is 11.8 Å². The van der Waals surface area contributed by atoms with Crippen LogP contribution in [-0.2, 0) is 33.6 Å². The minimum atomic E-state index is -4.40. The fraction of sp³-hybridized carbons (Fsp3) is 0.179. The van der Waals surface area contributed by atoms with Crippen molar-refractivity contribution in [1.29, 1.82) is 10.5 Å². The maximum absolute atomic E-state index is 14.0. The average molecular weight is 843 g/mol. The number of aliphatic hydroxyl groups is 2. The molecule has 2 aromatic heterocycles. The van der Waals surface area contributed by atoms with Crippen LogP contribution in [0.15, 0.2) is 82.9 Å². The molecule has 6 rings (SSSR count). The lowest BCUT2D eigenvalue weighted by Gasteiger charge is -2.17. The van der Waals surface area contributed by atoms with Crippen LogP contribution >= 0.6 is 0 Å². The molecule has 2 aromatic carbocycles. The number of sulfonamides is 2. The number of nitriles is 2. The van der Waals surface area contributed by atoms with Crippen molar-refractivity contribution < 1.29 is 45.4 Å². The molecular formula is C39H32F2N8O8S2. The molecule has 20 heteroatoms. The zero-order valence-corrected chi connectivity index (χ0v) is 32.4. The normalized spacial score (nSPS) is 18.4. The van der Waals surface area contributed by atoms with E-state index in [1.165, 1.54) is 77.9 Å². The van der Waals surface area contributed by atoms with E-state index in [1.807, 2.05) is 0 Å². The first-order chi connectivity index (χ1) is 28.0. The second kappa shape index (κ2) is 16.6. The number of halogens is 2. The highest BCUT2D eigenvalue weighted by Crippen LogP contribution is 2.30. The molecule has 0 fully saturated rings. The quantitative estimate of drug-likeness (QED) is 0.106. The van der Waals surface area contributed by atoms with Crippen molar-refractivity contribution in [3.8, 4) is 24.0 Å². The minimum Gasteiger partial charge on any atom is -0.387 e. The number of amides is 2. The lowest BCUT2D eigenvalue weighted by molar-refractivity contribution is 0.101. The highest BCUT2D eigenvalue weighted by molar-refractivity contribution is 7.90. The van der Waals surface area contributed by atoms with Crippen LogP contribution in [-0.4, -0.2) is 72.3 Å².